The number of anilines is 1. The Balaban J connectivity index is 1.61. The number of nitrogens with zero attached hydrogens (tertiary/aromatic N) is 2. The van der Waals surface area contributed by atoms with Crippen molar-refractivity contribution in [2.75, 3.05) is 30.0 Å². The molecule has 0 unspecified atom stereocenters. The van der Waals surface area contributed by atoms with Gasteiger partial charge in [-0.05, 0) is 72.6 Å². The second-order valence-electron chi connectivity index (χ2n) is 8.77. The molecule has 0 bridgehead atoms. The minimum Gasteiger partial charge on any atom is -0.457 e. The van der Waals surface area contributed by atoms with E-state index in [4.69, 9.17) is 16.3 Å². The normalized spacial score (nSPS) is 16.4. The second kappa shape index (κ2) is 10.6. The van der Waals surface area contributed by atoms with Crippen LogP contribution in [0.2, 0.25) is 5.02 Å². The third kappa shape index (κ3) is 6.75. The lowest BCUT2D eigenvalue weighted by Crippen LogP contribution is -2.33. The molecule has 0 spiro atoms. The van der Waals surface area contributed by atoms with Gasteiger partial charge in [0.1, 0.15) is 21.3 Å². The number of carbonyl (C=O) groups excluding carboxylic acids is 1. The van der Waals surface area contributed by atoms with E-state index in [9.17, 15) is 26.4 Å². The predicted molar refractivity (Wildman–Crippen MR) is 136 cm³/mol. The fourth-order valence-corrected chi connectivity index (χ4v) is 4.92. The number of benzene rings is 3. The summed E-state index contributed by atoms with van der Waals surface area (Å²) in [5.74, 6) is 0.966. The smallest absolute Gasteiger partial charge is 0.416 e. The Morgan fingerprint density at radius 2 is 1.62 bits per heavy atom. The first-order valence-corrected chi connectivity index (χ1v) is 13.8. The van der Waals surface area contributed by atoms with Gasteiger partial charge < -0.3 is 9.64 Å². The molecule has 1 aliphatic heterocycles. The Morgan fingerprint density at radius 1 is 1.00 bits per heavy atom. The van der Waals surface area contributed by atoms with E-state index in [2.05, 4.69) is 0 Å². The maximum atomic E-state index is 13.4. The minimum absolute atomic E-state index is 0.0955. The monoisotopic (exact) mass is 552 g/mol. The van der Waals surface area contributed by atoms with Crippen molar-refractivity contribution in [2.24, 2.45) is 0 Å². The van der Waals surface area contributed by atoms with Crippen LogP contribution in [0.3, 0.4) is 0 Å². The summed E-state index contributed by atoms with van der Waals surface area (Å²) in [6.45, 7) is 0.280. The van der Waals surface area contributed by atoms with Crippen LogP contribution in [0.5, 0.6) is 11.5 Å². The maximum absolute atomic E-state index is 13.4. The summed E-state index contributed by atoms with van der Waals surface area (Å²) < 4.78 is 69.0. The first kappa shape index (κ1) is 26.8. The fourth-order valence-electron chi connectivity index (χ4n) is 4.14. The molecule has 196 valence electrons. The molecule has 1 fully saturated rings. The van der Waals surface area contributed by atoms with E-state index in [0.717, 1.165) is 18.4 Å². The maximum Gasteiger partial charge on any atom is 0.416 e. The van der Waals surface area contributed by atoms with Crippen molar-refractivity contribution >= 4 is 33.2 Å². The Morgan fingerprint density at radius 3 is 2.22 bits per heavy atom. The van der Waals surface area contributed by atoms with Crippen molar-refractivity contribution in [2.45, 2.75) is 18.6 Å². The molecular weight excluding hydrogens is 529 g/mol. The van der Waals surface area contributed by atoms with Crippen molar-refractivity contribution in [1.29, 1.82) is 0 Å². The van der Waals surface area contributed by atoms with Crippen molar-refractivity contribution in [3.63, 3.8) is 0 Å². The van der Waals surface area contributed by atoms with Gasteiger partial charge in [-0.15, -0.1) is 0 Å². The Hall–Kier alpha value is -3.24. The average Bonchev–Trinajstić information content (AvgIpc) is 3.16. The fraction of sp³-hybridized carbons (Fsp3) is 0.269. The van der Waals surface area contributed by atoms with Crippen LogP contribution >= 0.6 is 11.6 Å². The first-order chi connectivity index (χ1) is 17.4. The third-order valence-electron chi connectivity index (χ3n) is 5.89. The molecule has 1 heterocycles. The van der Waals surface area contributed by atoms with Crippen molar-refractivity contribution < 1.29 is 31.1 Å². The lowest BCUT2D eigenvalue weighted by atomic mass is 10.0. The largest absolute Gasteiger partial charge is 0.457 e. The van der Waals surface area contributed by atoms with E-state index in [-0.39, 0.29) is 25.3 Å². The molecule has 0 aliphatic carbocycles. The lowest BCUT2D eigenvalue weighted by molar-refractivity contribution is -0.137. The molecule has 1 atom stereocenters. The summed E-state index contributed by atoms with van der Waals surface area (Å²) >= 11 is 5.90. The van der Waals surface area contributed by atoms with Gasteiger partial charge in [0.2, 0.25) is 0 Å². The molecule has 0 saturated carbocycles. The van der Waals surface area contributed by atoms with Crippen LogP contribution in [0, 0.1) is 0 Å². The zero-order valence-electron chi connectivity index (χ0n) is 19.8. The number of ether oxygens (including phenoxy) is 1. The molecule has 3 aromatic rings. The van der Waals surface area contributed by atoms with Gasteiger partial charge in [0.15, 0.2) is 0 Å². The molecule has 1 saturated heterocycles. The molecule has 2 amide bonds. The molecule has 37 heavy (non-hydrogen) atoms. The predicted octanol–water partition coefficient (Wildman–Crippen LogP) is 6.57. The third-order valence-corrected chi connectivity index (χ3v) is 7.17. The van der Waals surface area contributed by atoms with Crippen molar-refractivity contribution in [3.05, 3.63) is 88.9 Å². The van der Waals surface area contributed by atoms with Gasteiger partial charge in [-0.25, -0.2) is 13.2 Å². The molecule has 1 aliphatic rings. The highest BCUT2D eigenvalue weighted by molar-refractivity contribution is 7.90. The molecular formula is C26H24ClF3N2O4S. The van der Waals surface area contributed by atoms with Crippen molar-refractivity contribution in [1.82, 2.24) is 4.90 Å². The Bertz CT molecular complexity index is 1360. The van der Waals surface area contributed by atoms with Gasteiger partial charge in [-0.3, -0.25) is 4.90 Å². The van der Waals surface area contributed by atoms with E-state index in [0.29, 0.717) is 27.8 Å². The number of halogens is 4. The van der Waals surface area contributed by atoms with E-state index in [1.165, 1.54) is 15.9 Å². The van der Waals surface area contributed by atoms with Crippen LogP contribution < -0.4 is 9.64 Å². The molecule has 3 aromatic carbocycles. The topological polar surface area (TPSA) is 66.9 Å². The zero-order valence-corrected chi connectivity index (χ0v) is 21.4. The second-order valence-corrected chi connectivity index (χ2v) is 11.5. The number of hydrogen-bond acceptors (Lipinski definition) is 4. The quantitative estimate of drug-likeness (QED) is 0.317. The highest BCUT2D eigenvalue weighted by atomic mass is 35.5. The highest BCUT2D eigenvalue weighted by Gasteiger charge is 2.40. The number of urea groups is 1. The number of hydrogen-bond donors (Lipinski definition) is 0. The van der Waals surface area contributed by atoms with E-state index in [1.54, 1.807) is 54.6 Å². The SMILES string of the molecule is CS(=O)(=O)CCCN1C[C@H](c2cccc(C(F)(F)F)c2)N(c2ccc(Oc3ccc(Cl)cc3)cc2)C1=O. The summed E-state index contributed by atoms with van der Waals surface area (Å²) in [7, 11) is -3.22. The minimum atomic E-state index is -4.53. The number of carbonyl (C=O) groups is 1. The molecule has 0 radical (unpaired) electrons. The first-order valence-electron chi connectivity index (χ1n) is 11.4. The van der Waals surface area contributed by atoms with E-state index >= 15 is 0 Å². The van der Waals surface area contributed by atoms with Gasteiger partial charge in [-0.1, -0.05) is 23.7 Å². The van der Waals surface area contributed by atoms with Gasteiger partial charge in [-0.2, -0.15) is 13.2 Å². The van der Waals surface area contributed by atoms with Crippen LogP contribution in [-0.2, 0) is 16.0 Å². The number of sulfone groups is 1. The Kier molecular flexibility index (Phi) is 7.70. The summed E-state index contributed by atoms with van der Waals surface area (Å²) in [6.07, 6.45) is -3.19. The molecule has 11 heteroatoms. The van der Waals surface area contributed by atoms with Crippen LogP contribution in [0.4, 0.5) is 23.7 Å². The van der Waals surface area contributed by atoms with Gasteiger partial charge in [0.05, 0.1) is 17.4 Å². The molecule has 6 nitrogen and oxygen atoms in total. The molecule has 4 rings (SSSR count). The van der Waals surface area contributed by atoms with Gasteiger partial charge >= 0.3 is 12.2 Å². The van der Waals surface area contributed by atoms with E-state index < -0.39 is 33.6 Å². The van der Waals surface area contributed by atoms with Crippen LogP contribution in [-0.4, -0.2) is 44.4 Å². The van der Waals surface area contributed by atoms with E-state index in [1.807, 2.05) is 0 Å². The number of amides is 2. The highest BCUT2D eigenvalue weighted by Crippen LogP contribution is 2.38. The van der Waals surface area contributed by atoms with Crippen LogP contribution in [0.25, 0.3) is 0 Å². The summed E-state index contributed by atoms with van der Waals surface area (Å²) in [5.41, 5.74) is -0.00334. The van der Waals surface area contributed by atoms with Crippen LogP contribution in [0.15, 0.2) is 72.8 Å². The number of rotatable bonds is 8. The Labute approximate surface area is 218 Å². The standard InChI is InChI=1S/C26H24ClF3N2O4S/c1-37(34,35)15-3-14-31-17-24(18-4-2-5-19(16-18)26(28,29)30)32(25(31)33)21-8-12-23(13-9-21)36-22-10-6-20(27)7-11-22/h2,4-13,16,24H,3,14-15,17H2,1H3/t24-/m1/s1. The molecule has 0 aromatic heterocycles. The van der Waals surface area contributed by atoms with Gasteiger partial charge in [0, 0.05) is 30.1 Å². The summed E-state index contributed by atoms with van der Waals surface area (Å²) in [4.78, 5) is 16.3. The zero-order chi connectivity index (χ0) is 26.8. The lowest BCUT2D eigenvalue weighted by Gasteiger charge is -2.24. The summed E-state index contributed by atoms with van der Waals surface area (Å²) in [5, 5.41) is 0.567. The summed E-state index contributed by atoms with van der Waals surface area (Å²) in [6, 6.07) is 17.2. The van der Waals surface area contributed by atoms with Gasteiger partial charge in [0.25, 0.3) is 0 Å². The van der Waals surface area contributed by atoms with Crippen LogP contribution in [0.1, 0.15) is 23.6 Å². The molecule has 0 N–H and O–H groups in total. The number of alkyl halides is 3. The van der Waals surface area contributed by atoms with Crippen molar-refractivity contribution in [3.8, 4) is 11.5 Å². The average molecular weight is 553 g/mol.